The molecule has 0 unspecified atom stereocenters. The number of benzene rings is 2. The summed E-state index contributed by atoms with van der Waals surface area (Å²) in [5, 5.41) is 17.2. The van der Waals surface area contributed by atoms with Gasteiger partial charge in [0.25, 0.3) is 11.8 Å². The molecule has 0 aliphatic rings. The van der Waals surface area contributed by atoms with Crippen molar-refractivity contribution in [3.63, 3.8) is 0 Å². The second kappa shape index (κ2) is 16.1. The summed E-state index contributed by atoms with van der Waals surface area (Å²) in [6, 6.07) is 13.4. The molecule has 42 heavy (non-hydrogen) atoms. The number of aliphatic hydroxyl groups is 1. The number of carbonyl (C=O) groups excluding carboxylic acids is 2. The Kier molecular flexibility index (Phi) is 12.6. The minimum Gasteiger partial charge on any atom is -0.390 e. The van der Waals surface area contributed by atoms with Gasteiger partial charge in [-0.1, -0.05) is 45.0 Å². The highest BCUT2D eigenvalue weighted by Gasteiger charge is 2.25. The van der Waals surface area contributed by atoms with Crippen LogP contribution < -0.4 is 10.6 Å². The zero-order valence-electron chi connectivity index (χ0n) is 24.9. The van der Waals surface area contributed by atoms with Crippen LogP contribution in [0.15, 0.2) is 54.6 Å². The molecule has 0 spiro atoms. The van der Waals surface area contributed by atoms with Crippen LogP contribution >= 0.6 is 0 Å². The molecule has 2 aromatic carbocycles. The lowest BCUT2D eigenvalue weighted by Gasteiger charge is -2.25. The van der Waals surface area contributed by atoms with E-state index in [1.54, 1.807) is 17.9 Å². The Morgan fingerprint density at radius 3 is 2.24 bits per heavy atom. The molecule has 9 heteroatoms. The standard InChI is InChI=1S/C33H42F2N4O3/c1-5-11-39(12-6-2)33(42)30-18-26(13-22(4)37-30)32(41)38-29(17-25-15-27(34)19-28(35)16-25)31(40)21-36-20-24-10-8-9-23(7-3)14-24/h8-10,13-16,18-19,29,31,36,40H,5-7,11-12,17,20-21H2,1-4H3,(H,38,41)/t29-,31+/m0/s1. The predicted octanol–water partition coefficient (Wildman–Crippen LogP) is 4.98. The van der Waals surface area contributed by atoms with E-state index in [9.17, 15) is 23.5 Å². The van der Waals surface area contributed by atoms with Gasteiger partial charge in [0.2, 0.25) is 0 Å². The molecule has 0 aliphatic heterocycles. The van der Waals surface area contributed by atoms with Crippen molar-refractivity contribution in [1.82, 2.24) is 20.5 Å². The minimum absolute atomic E-state index is 0.00871. The fourth-order valence-corrected chi connectivity index (χ4v) is 4.91. The Bertz CT molecular complexity index is 1320. The molecule has 0 saturated carbocycles. The molecule has 3 aromatic rings. The molecule has 226 valence electrons. The highest BCUT2D eigenvalue weighted by Crippen LogP contribution is 2.15. The Labute approximate surface area is 247 Å². The van der Waals surface area contributed by atoms with Crippen LogP contribution in [0.5, 0.6) is 0 Å². The van der Waals surface area contributed by atoms with E-state index < -0.39 is 29.7 Å². The summed E-state index contributed by atoms with van der Waals surface area (Å²) in [6.07, 6.45) is 1.41. The number of nitrogens with one attached hydrogen (secondary N) is 2. The summed E-state index contributed by atoms with van der Waals surface area (Å²) in [5.74, 6) is -2.26. The van der Waals surface area contributed by atoms with Crippen molar-refractivity contribution in [1.29, 1.82) is 0 Å². The van der Waals surface area contributed by atoms with E-state index in [0.29, 0.717) is 30.9 Å². The third-order valence-corrected chi connectivity index (χ3v) is 6.95. The van der Waals surface area contributed by atoms with Gasteiger partial charge in [-0.15, -0.1) is 0 Å². The number of hydrogen-bond donors (Lipinski definition) is 3. The van der Waals surface area contributed by atoms with Gasteiger partial charge in [-0.3, -0.25) is 9.59 Å². The van der Waals surface area contributed by atoms with Crippen molar-refractivity contribution in [2.75, 3.05) is 19.6 Å². The molecule has 2 atom stereocenters. The van der Waals surface area contributed by atoms with Crippen molar-refractivity contribution in [3.8, 4) is 0 Å². The molecular formula is C33H42F2N4O3. The van der Waals surface area contributed by atoms with Crippen LogP contribution in [0.2, 0.25) is 0 Å². The van der Waals surface area contributed by atoms with E-state index in [1.165, 1.54) is 23.8 Å². The van der Waals surface area contributed by atoms with Crippen LogP contribution in [0.1, 0.15) is 76.8 Å². The monoisotopic (exact) mass is 580 g/mol. The van der Waals surface area contributed by atoms with Gasteiger partial charge in [-0.25, -0.2) is 13.8 Å². The fraction of sp³-hybridized carbons (Fsp3) is 0.424. The number of halogens is 2. The Morgan fingerprint density at radius 2 is 1.60 bits per heavy atom. The van der Waals surface area contributed by atoms with Crippen LogP contribution in [-0.2, 0) is 19.4 Å². The lowest BCUT2D eigenvalue weighted by molar-refractivity contribution is 0.0749. The van der Waals surface area contributed by atoms with E-state index in [1.807, 2.05) is 32.0 Å². The Balaban J connectivity index is 1.80. The van der Waals surface area contributed by atoms with E-state index in [-0.39, 0.29) is 30.1 Å². The van der Waals surface area contributed by atoms with Gasteiger partial charge in [0.05, 0.1) is 12.1 Å². The number of amides is 2. The largest absolute Gasteiger partial charge is 0.390 e. The van der Waals surface area contributed by atoms with Crippen molar-refractivity contribution < 1.29 is 23.5 Å². The first kappa shape index (κ1) is 32.8. The molecule has 3 rings (SSSR count). The van der Waals surface area contributed by atoms with Crippen molar-refractivity contribution >= 4 is 11.8 Å². The van der Waals surface area contributed by atoms with Crippen LogP contribution in [0.4, 0.5) is 8.78 Å². The molecule has 7 nitrogen and oxygen atoms in total. The highest BCUT2D eigenvalue weighted by atomic mass is 19.1. The summed E-state index contributed by atoms with van der Waals surface area (Å²) in [6.45, 7) is 9.56. The number of nitrogens with zero attached hydrogens (tertiary/aromatic N) is 2. The Hall–Kier alpha value is -3.69. The molecule has 0 saturated heterocycles. The average Bonchev–Trinajstić information content (AvgIpc) is 2.95. The fourth-order valence-electron chi connectivity index (χ4n) is 4.91. The van der Waals surface area contributed by atoms with Gasteiger partial charge in [0, 0.05) is 43.5 Å². The van der Waals surface area contributed by atoms with E-state index in [0.717, 1.165) is 30.9 Å². The van der Waals surface area contributed by atoms with Gasteiger partial charge in [0.15, 0.2) is 0 Å². The van der Waals surface area contributed by atoms with Gasteiger partial charge < -0.3 is 20.6 Å². The van der Waals surface area contributed by atoms with Crippen LogP contribution in [-0.4, -0.2) is 58.6 Å². The summed E-state index contributed by atoms with van der Waals surface area (Å²) < 4.78 is 27.9. The second-order valence-corrected chi connectivity index (χ2v) is 10.6. The lowest BCUT2D eigenvalue weighted by atomic mass is 9.99. The van der Waals surface area contributed by atoms with Gasteiger partial charge in [-0.05, 0) is 73.6 Å². The molecular weight excluding hydrogens is 538 g/mol. The maximum absolute atomic E-state index is 14.0. The number of hydrogen-bond acceptors (Lipinski definition) is 5. The predicted molar refractivity (Wildman–Crippen MR) is 160 cm³/mol. The minimum atomic E-state index is -1.08. The van der Waals surface area contributed by atoms with E-state index in [2.05, 4.69) is 28.6 Å². The topological polar surface area (TPSA) is 94.6 Å². The zero-order chi connectivity index (χ0) is 30.6. The van der Waals surface area contributed by atoms with E-state index in [4.69, 9.17) is 0 Å². The molecule has 1 heterocycles. The molecule has 2 amide bonds. The van der Waals surface area contributed by atoms with Crippen molar-refractivity contribution in [2.45, 2.75) is 72.1 Å². The first-order valence-corrected chi connectivity index (χ1v) is 14.6. The summed E-state index contributed by atoms with van der Waals surface area (Å²) in [7, 11) is 0. The normalized spacial score (nSPS) is 12.5. The molecule has 1 aromatic heterocycles. The smallest absolute Gasteiger partial charge is 0.272 e. The first-order valence-electron chi connectivity index (χ1n) is 14.6. The van der Waals surface area contributed by atoms with Gasteiger partial charge in [0.1, 0.15) is 17.3 Å². The van der Waals surface area contributed by atoms with Crippen molar-refractivity contribution in [2.24, 2.45) is 0 Å². The third kappa shape index (κ3) is 9.70. The summed E-state index contributed by atoms with van der Waals surface area (Å²) in [5.41, 5.74) is 3.43. The van der Waals surface area contributed by atoms with Crippen LogP contribution in [0, 0.1) is 18.6 Å². The molecule has 3 N–H and O–H groups in total. The Morgan fingerprint density at radius 1 is 0.929 bits per heavy atom. The van der Waals surface area contributed by atoms with Crippen LogP contribution in [0.25, 0.3) is 0 Å². The van der Waals surface area contributed by atoms with Crippen LogP contribution in [0.3, 0.4) is 0 Å². The first-order chi connectivity index (χ1) is 20.1. The second-order valence-electron chi connectivity index (χ2n) is 10.6. The maximum Gasteiger partial charge on any atom is 0.272 e. The zero-order valence-corrected chi connectivity index (χ0v) is 24.9. The number of aryl methyl sites for hydroxylation is 2. The third-order valence-electron chi connectivity index (χ3n) is 6.95. The number of pyridine rings is 1. The van der Waals surface area contributed by atoms with Crippen molar-refractivity contribution in [3.05, 3.63) is 99.9 Å². The molecule has 0 radical (unpaired) electrons. The molecule has 0 bridgehead atoms. The lowest BCUT2D eigenvalue weighted by Crippen LogP contribution is -2.48. The molecule has 0 aliphatic carbocycles. The molecule has 0 fully saturated rings. The SMILES string of the molecule is CCCN(CCC)C(=O)c1cc(C(=O)N[C@@H](Cc2cc(F)cc(F)c2)[C@H](O)CNCc2cccc(CC)c2)cc(C)n1. The quantitative estimate of drug-likeness (QED) is 0.236. The van der Waals surface area contributed by atoms with E-state index >= 15 is 0 Å². The van der Waals surface area contributed by atoms with Gasteiger partial charge >= 0.3 is 0 Å². The summed E-state index contributed by atoms with van der Waals surface area (Å²) >= 11 is 0. The number of aromatic nitrogens is 1. The number of aliphatic hydroxyl groups excluding tert-OH is 1. The number of rotatable bonds is 15. The summed E-state index contributed by atoms with van der Waals surface area (Å²) in [4.78, 5) is 32.7. The average molecular weight is 581 g/mol. The highest BCUT2D eigenvalue weighted by molar-refractivity contribution is 5.98. The maximum atomic E-state index is 14.0. The van der Waals surface area contributed by atoms with Gasteiger partial charge in [-0.2, -0.15) is 0 Å². The number of carbonyl (C=O) groups is 2.